The predicted molar refractivity (Wildman–Crippen MR) is 142 cm³/mol. The molecule has 0 unspecified atom stereocenters. The van der Waals surface area contributed by atoms with E-state index in [1.54, 1.807) is 12.1 Å². The molecule has 0 saturated heterocycles. The van der Waals surface area contributed by atoms with Gasteiger partial charge in [-0.05, 0) is 41.0 Å². The van der Waals surface area contributed by atoms with E-state index in [-0.39, 0.29) is 17.7 Å². The molecule has 198 valence electrons. The molecule has 0 aromatic heterocycles. The van der Waals surface area contributed by atoms with Gasteiger partial charge in [0, 0.05) is 26.2 Å². The number of nitrogens with one attached hydrogen (secondary N) is 2. The Labute approximate surface area is 218 Å². The lowest BCUT2D eigenvalue weighted by atomic mass is 10.2. The van der Waals surface area contributed by atoms with Gasteiger partial charge in [0.2, 0.25) is 0 Å². The molecule has 0 spiro atoms. The van der Waals surface area contributed by atoms with Gasteiger partial charge in [0.05, 0.1) is 27.1 Å². The van der Waals surface area contributed by atoms with E-state index in [4.69, 9.17) is 9.84 Å². The molecule has 0 bridgehead atoms. The van der Waals surface area contributed by atoms with Crippen LogP contribution in [0.5, 0.6) is 11.5 Å². The maximum absolute atomic E-state index is 11.0. The molecule has 3 rings (SSSR count). The van der Waals surface area contributed by atoms with Crippen molar-refractivity contribution >= 4 is 11.9 Å². The molecule has 0 amide bonds. The molecule has 0 heterocycles. The summed E-state index contributed by atoms with van der Waals surface area (Å²) in [6.45, 7) is 3.16. The van der Waals surface area contributed by atoms with Gasteiger partial charge >= 0.3 is 11.9 Å². The van der Waals surface area contributed by atoms with Crippen molar-refractivity contribution in [1.29, 1.82) is 0 Å². The predicted octanol–water partition coefficient (Wildman–Crippen LogP) is 3.96. The van der Waals surface area contributed by atoms with Gasteiger partial charge in [-0.25, -0.2) is 0 Å². The highest BCUT2D eigenvalue weighted by molar-refractivity contribution is 5.69. The fourth-order valence-corrected chi connectivity index (χ4v) is 3.11. The Balaban J connectivity index is 0.000000281. The second kappa shape index (κ2) is 17.5. The number of hydrogen-bond donors (Lipinski definition) is 3. The summed E-state index contributed by atoms with van der Waals surface area (Å²) < 4.78 is 14.8. The van der Waals surface area contributed by atoms with Gasteiger partial charge < -0.3 is 30.0 Å². The van der Waals surface area contributed by atoms with Crippen molar-refractivity contribution in [3.05, 3.63) is 95.6 Å². The van der Waals surface area contributed by atoms with Crippen LogP contribution in [0, 0.1) is 0 Å². The average Bonchev–Trinajstić information content (AvgIpc) is 2.94. The minimum absolute atomic E-state index is 0.197. The van der Waals surface area contributed by atoms with Crippen LogP contribution >= 0.6 is 0 Å². The SMILES string of the molecule is COC(=O)CCNCc1ccc(O)cc1.COC(=O)CCNCc1ccc(OCc2ccccc2)cc1. The Morgan fingerprint density at radius 1 is 0.676 bits per heavy atom. The number of benzene rings is 3. The third-order valence-corrected chi connectivity index (χ3v) is 5.23. The highest BCUT2D eigenvalue weighted by Crippen LogP contribution is 2.14. The number of rotatable bonds is 13. The van der Waals surface area contributed by atoms with E-state index in [0.29, 0.717) is 39.1 Å². The second-order valence-corrected chi connectivity index (χ2v) is 8.09. The largest absolute Gasteiger partial charge is 0.508 e. The first kappa shape index (κ1) is 29.4. The number of carbonyl (C=O) groups is 2. The van der Waals surface area contributed by atoms with Crippen LogP contribution in [0.1, 0.15) is 29.5 Å². The van der Waals surface area contributed by atoms with E-state index >= 15 is 0 Å². The van der Waals surface area contributed by atoms with Crippen molar-refractivity contribution in [3.8, 4) is 11.5 Å². The van der Waals surface area contributed by atoms with E-state index in [1.807, 2.05) is 66.7 Å². The number of ether oxygens (including phenoxy) is 3. The smallest absolute Gasteiger partial charge is 0.306 e. The van der Waals surface area contributed by atoms with Crippen LogP contribution in [0.3, 0.4) is 0 Å². The summed E-state index contributed by atoms with van der Waals surface area (Å²) in [4.78, 5) is 21.8. The Bertz CT molecular complexity index is 1040. The number of hydrogen-bond acceptors (Lipinski definition) is 8. The number of phenolic OH excluding ortho intramolecular Hbond substituents is 1. The number of esters is 2. The zero-order chi connectivity index (χ0) is 26.7. The number of methoxy groups -OCH3 is 2. The standard InChI is InChI=1S/C18H21NO3.C11H15NO3/c1-21-18(20)11-12-19-13-15-7-9-17(10-8-15)22-14-16-5-3-2-4-6-16;1-15-11(14)6-7-12-8-9-2-4-10(13)5-3-9/h2-10,19H,11-14H2,1H3;2-5,12-13H,6-8H2,1H3. The highest BCUT2D eigenvalue weighted by Gasteiger charge is 2.01. The lowest BCUT2D eigenvalue weighted by Crippen LogP contribution is -2.18. The van der Waals surface area contributed by atoms with E-state index in [0.717, 1.165) is 29.0 Å². The summed E-state index contributed by atoms with van der Waals surface area (Å²) >= 11 is 0. The molecule has 0 radical (unpaired) electrons. The van der Waals surface area contributed by atoms with Crippen LogP contribution in [-0.4, -0.2) is 44.4 Å². The van der Waals surface area contributed by atoms with Crippen molar-refractivity contribution in [3.63, 3.8) is 0 Å². The summed E-state index contributed by atoms with van der Waals surface area (Å²) in [6, 6.07) is 25.0. The molecule has 0 saturated carbocycles. The monoisotopic (exact) mass is 508 g/mol. The molecule has 0 fully saturated rings. The third kappa shape index (κ3) is 13.1. The average molecular weight is 509 g/mol. The topological polar surface area (TPSA) is 106 Å². The number of aromatic hydroxyl groups is 1. The lowest BCUT2D eigenvalue weighted by Gasteiger charge is -2.08. The minimum atomic E-state index is -0.215. The fourth-order valence-electron chi connectivity index (χ4n) is 3.11. The van der Waals surface area contributed by atoms with Crippen LogP contribution in [0.2, 0.25) is 0 Å². The normalized spacial score (nSPS) is 10.1. The molecule has 8 nitrogen and oxygen atoms in total. The molecule has 0 aliphatic rings. The van der Waals surface area contributed by atoms with Gasteiger partial charge in [0.1, 0.15) is 18.1 Å². The molecular weight excluding hydrogens is 472 g/mol. The molecule has 3 aromatic carbocycles. The first-order valence-electron chi connectivity index (χ1n) is 12.1. The third-order valence-electron chi connectivity index (χ3n) is 5.23. The highest BCUT2D eigenvalue weighted by atomic mass is 16.5. The van der Waals surface area contributed by atoms with Crippen molar-refractivity contribution in [2.45, 2.75) is 32.5 Å². The van der Waals surface area contributed by atoms with Crippen LogP contribution < -0.4 is 15.4 Å². The molecule has 0 aliphatic heterocycles. The zero-order valence-corrected chi connectivity index (χ0v) is 21.4. The quantitative estimate of drug-likeness (QED) is 0.235. The van der Waals surface area contributed by atoms with Crippen molar-refractivity contribution < 1.29 is 28.9 Å². The first-order valence-corrected chi connectivity index (χ1v) is 12.1. The van der Waals surface area contributed by atoms with Gasteiger partial charge in [-0.1, -0.05) is 54.6 Å². The molecule has 8 heteroatoms. The molecule has 37 heavy (non-hydrogen) atoms. The molecule has 0 aliphatic carbocycles. The Hall–Kier alpha value is -3.88. The lowest BCUT2D eigenvalue weighted by molar-refractivity contribution is -0.141. The number of carbonyl (C=O) groups excluding carboxylic acids is 2. The molecule has 3 N–H and O–H groups in total. The summed E-state index contributed by atoms with van der Waals surface area (Å²) in [5, 5.41) is 15.4. The van der Waals surface area contributed by atoms with E-state index in [2.05, 4.69) is 20.1 Å². The van der Waals surface area contributed by atoms with Crippen LogP contribution in [-0.2, 0) is 38.8 Å². The second-order valence-electron chi connectivity index (χ2n) is 8.09. The van der Waals surface area contributed by atoms with E-state index in [1.165, 1.54) is 14.2 Å². The summed E-state index contributed by atoms with van der Waals surface area (Å²) in [5.74, 6) is 0.695. The summed E-state index contributed by atoms with van der Waals surface area (Å²) in [7, 11) is 2.78. The van der Waals surface area contributed by atoms with Gasteiger partial charge in [-0.3, -0.25) is 9.59 Å². The van der Waals surface area contributed by atoms with Gasteiger partial charge in [-0.2, -0.15) is 0 Å². The summed E-state index contributed by atoms with van der Waals surface area (Å²) in [6.07, 6.45) is 0.753. The fraction of sp³-hybridized carbons (Fsp3) is 0.310. The first-order chi connectivity index (χ1) is 18.0. The van der Waals surface area contributed by atoms with Crippen LogP contribution in [0.25, 0.3) is 0 Å². The summed E-state index contributed by atoms with van der Waals surface area (Å²) in [5.41, 5.74) is 3.37. The van der Waals surface area contributed by atoms with E-state index < -0.39 is 0 Å². The molecular formula is C29H36N2O6. The maximum Gasteiger partial charge on any atom is 0.306 e. The maximum atomic E-state index is 11.0. The molecule has 3 aromatic rings. The molecule has 0 atom stereocenters. The van der Waals surface area contributed by atoms with Gasteiger partial charge in [0.25, 0.3) is 0 Å². The zero-order valence-electron chi connectivity index (χ0n) is 21.4. The Kier molecular flexibility index (Phi) is 13.9. The Morgan fingerprint density at radius 3 is 1.65 bits per heavy atom. The van der Waals surface area contributed by atoms with Crippen molar-refractivity contribution in [2.24, 2.45) is 0 Å². The van der Waals surface area contributed by atoms with Crippen LogP contribution in [0.4, 0.5) is 0 Å². The number of phenols is 1. The van der Waals surface area contributed by atoms with Gasteiger partial charge in [-0.15, -0.1) is 0 Å². The minimum Gasteiger partial charge on any atom is -0.508 e. The van der Waals surface area contributed by atoms with Gasteiger partial charge in [0.15, 0.2) is 0 Å². The van der Waals surface area contributed by atoms with Crippen LogP contribution in [0.15, 0.2) is 78.9 Å². The van der Waals surface area contributed by atoms with Crippen molar-refractivity contribution in [1.82, 2.24) is 10.6 Å². The Morgan fingerprint density at radius 2 is 1.16 bits per heavy atom. The van der Waals surface area contributed by atoms with Crippen molar-refractivity contribution in [2.75, 3.05) is 27.3 Å². The van der Waals surface area contributed by atoms with E-state index in [9.17, 15) is 9.59 Å².